The van der Waals surface area contributed by atoms with Crippen LogP contribution in [0.4, 0.5) is 5.69 Å². The molecule has 14 nitrogen and oxygen atoms in total. The van der Waals surface area contributed by atoms with Gasteiger partial charge in [-0.3, -0.25) is 14.4 Å². The number of carbonyl (C=O) groups is 3. The first-order valence-corrected chi connectivity index (χ1v) is 26.0. The lowest BCUT2D eigenvalue weighted by atomic mass is 9.49. The number of likely N-dealkylation sites (tertiary alicyclic amines) is 2. The smallest absolute Gasteiger partial charge is 0.251 e. The summed E-state index contributed by atoms with van der Waals surface area (Å²) in [5.74, 6) is 2.03. The summed E-state index contributed by atoms with van der Waals surface area (Å²) in [5, 5.41) is 22.4. The van der Waals surface area contributed by atoms with E-state index >= 15 is 0 Å². The van der Waals surface area contributed by atoms with Crippen molar-refractivity contribution in [2.75, 3.05) is 78.1 Å². The Hall–Kier alpha value is -4.91. The third-order valence-corrected chi connectivity index (χ3v) is 15.7. The Bertz CT molecular complexity index is 2230. The van der Waals surface area contributed by atoms with Crippen LogP contribution in [-0.2, 0) is 25.5 Å². The van der Waals surface area contributed by atoms with Crippen LogP contribution in [0.15, 0.2) is 66.7 Å². The lowest BCUT2D eigenvalue weighted by molar-refractivity contribution is -0.164. The summed E-state index contributed by atoms with van der Waals surface area (Å²) < 4.78 is 23.8. The number of fused-ring (bicyclic) bond motifs is 1. The van der Waals surface area contributed by atoms with Gasteiger partial charge in [-0.2, -0.15) is 5.26 Å². The normalized spacial score (nSPS) is 22.7. The summed E-state index contributed by atoms with van der Waals surface area (Å²) in [6.07, 6.45) is 8.33. The highest BCUT2D eigenvalue weighted by Gasteiger charge is 2.64. The van der Waals surface area contributed by atoms with E-state index in [1.165, 1.54) is 12.0 Å². The third-order valence-electron chi connectivity index (χ3n) is 15.4. The van der Waals surface area contributed by atoms with Crippen molar-refractivity contribution in [1.29, 1.82) is 5.26 Å². The molecule has 0 bridgehead atoms. The molecule has 2 saturated carbocycles. The Morgan fingerprint density at radius 1 is 0.843 bits per heavy atom. The molecule has 3 amide bonds. The molecule has 7 rings (SSSR count). The van der Waals surface area contributed by atoms with Crippen LogP contribution in [0.1, 0.15) is 101 Å². The number of carbonyl (C=O) groups excluding carboxylic acids is 3. The average molecular weight is 983 g/mol. The molecule has 0 radical (unpaired) electrons. The topological polar surface area (TPSA) is 167 Å². The largest absolute Gasteiger partial charge is 0.491 e. The number of hydrogen-bond acceptors (Lipinski definition) is 11. The van der Waals surface area contributed by atoms with Crippen LogP contribution < -0.4 is 30.7 Å². The van der Waals surface area contributed by atoms with Crippen LogP contribution >= 0.6 is 11.6 Å². The number of amides is 3. The van der Waals surface area contributed by atoms with Crippen LogP contribution in [-0.4, -0.2) is 131 Å². The van der Waals surface area contributed by atoms with Gasteiger partial charge in [0.05, 0.1) is 43.1 Å². The summed E-state index contributed by atoms with van der Waals surface area (Å²) in [4.78, 5) is 45.2. The number of nitrogens with zero attached hydrogens (tertiary/aromatic N) is 3. The lowest BCUT2D eigenvalue weighted by Crippen LogP contribution is -2.74. The zero-order valence-electron chi connectivity index (χ0n) is 42.2. The minimum atomic E-state index is -0.441. The Morgan fingerprint density at radius 3 is 2.20 bits per heavy atom. The van der Waals surface area contributed by atoms with E-state index in [1.54, 1.807) is 25.2 Å². The molecule has 4 aliphatic rings. The SMILES string of the molecule is CN[C@@H](C)C(=O)N[C@H](C(=O)N1CC[C@@H]2CCN(CCc3ccc(OCCOCCOCCNc4ccc(C(=O)NC5C(C)(C)C(Oc6ccc(C#N)c(Cl)c6)C5(C)C)cc4)cc3)C[C@@H]21)C1CCCCC1. The van der Waals surface area contributed by atoms with Crippen molar-refractivity contribution in [3.63, 3.8) is 0 Å². The predicted molar refractivity (Wildman–Crippen MR) is 273 cm³/mol. The predicted octanol–water partition coefficient (Wildman–Crippen LogP) is 7.49. The highest BCUT2D eigenvalue weighted by Crippen LogP contribution is 2.55. The number of benzene rings is 3. The maximum Gasteiger partial charge on any atom is 0.251 e. The second-order valence-corrected chi connectivity index (χ2v) is 21.3. The fraction of sp³-hybridized carbons (Fsp3) is 0.600. The van der Waals surface area contributed by atoms with E-state index in [0.29, 0.717) is 67.4 Å². The number of halogens is 1. The van der Waals surface area contributed by atoms with E-state index in [1.807, 2.05) is 43.3 Å². The molecule has 3 aromatic carbocycles. The molecule has 380 valence electrons. The second kappa shape index (κ2) is 24.5. The van der Waals surface area contributed by atoms with Gasteiger partial charge >= 0.3 is 0 Å². The Morgan fingerprint density at radius 2 is 1.51 bits per heavy atom. The van der Waals surface area contributed by atoms with E-state index < -0.39 is 6.04 Å². The van der Waals surface area contributed by atoms with Crippen LogP contribution in [0.2, 0.25) is 5.02 Å². The van der Waals surface area contributed by atoms with Crippen molar-refractivity contribution in [1.82, 2.24) is 25.8 Å². The quantitative estimate of drug-likeness (QED) is 0.0696. The molecule has 70 heavy (non-hydrogen) atoms. The van der Waals surface area contributed by atoms with Crippen molar-refractivity contribution in [2.24, 2.45) is 22.7 Å². The minimum absolute atomic E-state index is 0.0953. The molecule has 0 aromatic heterocycles. The molecule has 15 heteroatoms. The highest BCUT2D eigenvalue weighted by atomic mass is 35.5. The summed E-state index contributed by atoms with van der Waals surface area (Å²) in [6.45, 7) is 16.8. The Kier molecular flexibility index (Phi) is 18.5. The molecule has 4 N–H and O–H groups in total. The molecule has 2 heterocycles. The summed E-state index contributed by atoms with van der Waals surface area (Å²) in [7, 11) is 1.78. The van der Waals surface area contributed by atoms with Crippen molar-refractivity contribution >= 4 is 35.0 Å². The summed E-state index contributed by atoms with van der Waals surface area (Å²) in [5.41, 5.74) is 2.42. The standard InChI is InChI=1S/C55H76ClN7O7/c1-37(58-6)49(64)60-48(40-10-8-7-9-11-40)51(66)63-28-24-39-23-27-62(36-47(39)63)26-22-38-12-19-44(20-13-38)69-33-32-68-31-30-67-29-25-59-43-17-14-41(15-18-43)50(65)61-52-54(2,3)53(55(52,4)5)70-45-21-16-42(35-57)46(56)34-45/h12-21,34,37,39-40,47-48,52-53,58-59H,7-11,22-33,36H2,1-6H3,(H,60,64)(H,61,65)/t37-,39-,47-,48-,52?,53?/m0/s1. The van der Waals surface area contributed by atoms with Crippen molar-refractivity contribution in [2.45, 2.75) is 116 Å². The lowest BCUT2D eigenvalue weighted by Gasteiger charge is -2.63. The highest BCUT2D eigenvalue weighted by molar-refractivity contribution is 6.31. The molecule has 0 unspecified atom stereocenters. The molecule has 0 spiro atoms. The third kappa shape index (κ3) is 13.1. The number of nitrogens with one attached hydrogen (secondary N) is 4. The monoisotopic (exact) mass is 982 g/mol. The van der Waals surface area contributed by atoms with Gasteiger partial charge in [0.1, 0.15) is 36.3 Å². The maximum atomic E-state index is 14.2. The number of hydrogen-bond donors (Lipinski definition) is 4. The number of piperidine rings is 1. The number of anilines is 1. The first-order chi connectivity index (χ1) is 33.7. The zero-order chi connectivity index (χ0) is 49.8. The fourth-order valence-electron chi connectivity index (χ4n) is 11.5. The number of rotatable bonds is 23. The van der Waals surface area contributed by atoms with Gasteiger partial charge in [0.2, 0.25) is 11.8 Å². The molecular weight excluding hydrogens is 906 g/mol. The number of likely N-dealkylation sites (N-methyl/N-ethyl adjacent to an activating group) is 1. The van der Waals surface area contributed by atoms with Crippen LogP contribution in [0, 0.1) is 34.0 Å². The van der Waals surface area contributed by atoms with E-state index in [2.05, 4.69) is 77.0 Å². The molecule has 4 atom stereocenters. The fourth-order valence-corrected chi connectivity index (χ4v) is 11.7. The summed E-state index contributed by atoms with van der Waals surface area (Å²) in [6, 6.07) is 22.2. The van der Waals surface area contributed by atoms with Crippen molar-refractivity contribution < 1.29 is 33.3 Å². The maximum absolute atomic E-state index is 14.2. The van der Waals surface area contributed by atoms with E-state index in [4.69, 9.17) is 30.5 Å². The van der Waals surface area contributed by atoms with Gasteiger partial charge < -0.3 is 50.0 Å². The van der Waals surface area contributed by atoms with Gasteiger partial charge in [-0.05, 0) is 119 Å². The Labute approximate surface area is 420 Å². The van der Waals surface area contributed by atoms with Gasteiger partial charge in [-0.15, -0.1) is 0 Å². The van der Waals surface area contributed by atoms with Crippen molar-refractivity contribution in [3.8, 4) is 17.6 Å². The molecule has 2 saturated heterocycles. The van der Waals surface area contributed by atoms with Crippen LogP contribution in [0.5, 0.6) is 11.5 Å². The first kappa shape index (κ1) is 52.9. The molecule has 3 aromatic rings. The van der Waals surface area contributed by atoms with E-state index in [0.717, 1.165) is 82.6 Å². The second-order valence-electron chi connectivity index (χ2n) is 20.9. The molecule has 2 aliphatic heterocycles. The van der Waals surface area contributed by atoms with Crippen molar-refractivity contribution in [3.05, 3.63) is 88.4 Å². The van der Waals surface area contributed by atoms with Gasteiger partial charge in [-0.25, -0.2) is 0 Å². The minimum Gasteiger partial charge on any atom is -0.491 e. The molecule has 2 aliphatic carbocycles. The van der Waals surface area contributed by atoms with Gasteiger partial charge in [0.15, 0.2) is 0 Å². The van der Waals surface area contributed by atoms with Gasteiger partial charge in [0.25, 0.3) is 5.91 Å². The van der Waals surface area contributed by atoms with Gasteiger partial charge in [-0.1, -0.05) is 70.7 Å². The van der Waals surface area contributed by atoms with Crippen LogP contribution in [0.3, 0.4) is 0 Å². The van der Waals surface area contributed by atoms with E-state index in [9.17, 15) is 19.6 Å². The van der Waals surface area contributed by atoms with Crippen LogP contribution in [0.25, 0.3) is 0 Å². The Balaban J connectivity index is 0.735. The molecular formula is C55H76ClN7O7. The number of ether oxygens (including phenoxy) is 4. The average Bonchev–Trinajstić information content (AvgIpc) is 3.80. The molecule has 4 fully saturated rings. The van der Waals surface area contributed by atoms with Gasteiger partial charge in [0, 0.05) is 66.4 Å². The zero-order valence-corrected chi connectivity index (χ0v) is 43.0. The first-order valence-electron chi connectivity index (χ1n) is 25.6. The van der Waals surface area contributed by atoms with E-state index in [-0.39, 0.29) is 58.7 Å². The summed E-state index contributed by atoms with van der Waals surface area (Å²) >= 11 is 6.24. The number of nitriles is 1.